The Morgan fingerprint density at radius 2 is 2.40 bits per heavy atom. The highest BCUT2D eigenvalue weighted by atomic mass is 16.5. The fraction of sp³-hybridized carbons (Fsp3) is 0.786. The third-order valence-corrected chi connectivity index (χ3v) is 4.76. The summed E-state index contributed by atoms with van der Waals surface area (Å²) in [4.78, 5) is 18.8. The molecule has 1 aromatic heterocycles. The molecule has 2 aliphatic rings. The zero-order chi connectivity index (χ0) is 14.2. The summed E-state index contributed by atoms with van der Waals surface area (Å²) in [7, 11) is 1.84. The summed E-state index contributed by atoms with van der Waals surface area (Å²) in [5, 5.41) is 7.28. The van der Waals surface area contributed by atoms with Crippen molar-refractivity contribution >= 4 is 5.91 Å². The molecule has 0 bridgehead atoms. The Balaban J connectivity index is 1.73. The van der Waals surface area contributed by atoms with Crippen LogP contribution in [0.2, 0.25) is 0 Å². The van der Waals surface area contributed by atoms with Crippen LogP contribution in [0.5, 0.6) is 0 Å². The molecule has 20 heavy (non-hydrogen) atoms. The molecule has 2 heterocycles. The maximum absolute atomic E-state index is 12.9. The van der Waals surface area contributed by atoms with Gasteiger partial charge in [0.05, 0.1) is 12.0 Å². The molecule has 6 nitrogen and oxygen atoms in total. The predicted octanol–water partition coefficient (Wildman–Crippen LogP) is 1.12. The monoisotopic (exact) mass is 278 g/mol. The number of hydrogen-bond donors (Lipinski definition) is 1. The van der Waals surface area contributed by atoms with E-state index in [0.29, 0.717) is 24.2 Å². The lowest BCUT2D eigenvalue weighted by molar-refractivity contribution is -0.144. The summed E-state index contributed by atoms with van der Waals surface area (Å²) < 4.78 is 4.96. The van der Waals surface area contributed by atoms with E-state index in [0.717, 1.165) is 32.4 Å². The van der Waals surface area contributed by atoms with E-state index in [2.05, 4.69) is 15.5 Å². The predicted molar refractivity (Wildman–Crippen MR) is 72.8 cm³/mol. The molecule has 1 aliphatic carbocycles. The quantitative estimate of drug-likeness (QED) is 0.897. The van der Waals surface area contributed by atoms with Crippen LogP contribution in [-0.2, 0) is 11.3 Å². The summed E-state index contributed by atoms with van der Waals surface area (Å²) in [6.45, 7) is 3.96. The minimum absolute atomic E-state index is 0.203. The topological polar surface area (TPSA) is 71.3 Å². The summed E-state index contributed by atoms with van der Waals surface area (Å²) in [5.41, 5.74) is -0.203. The van der Waals surface area contributed by atoms with Crippen LogP contribution in [0.25, 0.3) is 0 Å². The van der Waals surface area contributed by atoms with E-state index in [1.54, 1.807) is 11.8 Å². The number of aromatic nitrogens is 2. The molecular weight excluding hydrogens is 256 g/mol. The fourth-order valence-electron chi connectivity index (χ4n) is 3.74. The number of hydrogen-bond acceptors (Lipinski definition) is 5. The lowest BCUT2D eigenvalue weighted by Gasteiger charge is -2.39. The molecule has 110 valence electrons. The summed E-state index contributed by atoms with van der Waals surface area (Å²) in [6, 6.07) is 0. The summed E-state index contributed by atoms with van der Waals surface area (Å²) in [6.07, 6.45) is 4.56. The Morgan fingerprint density at radius 3 is 3.15 bits per heavy atom. The minimum atomic E-state index is -0.203. The largest absolute Gasteiger partial charge is 0.340 e. The molecule has 3 rings (SSSR count). The van der Waals surface area contributed by atoms with Gasteiger partial charge in [-0.1, -0.05) is 18.0 Å². The van der Waals surface area contributed by atoms with Gasteiger partial charge in [0.2, 0.25) is 11.8 Å². The third kappa shape index (κ3) is 2.22. The fourth-order valence-corrected chi connectivity index (χ4v) is 3.74. The molecule has 1 aliphatic heterocycles. The van der Waals surface area contributed by atoms with E-state index in [4.69, 9.17) is 4.52 Å². The second-order valence-electron chi connectivity index (χ2n) is 6.12. The highest BCUT2D eigenvalue weighted by Gasteiger charge is 2.50. The minimum Gasteiger partial charge on any atom is -0.340 e. The van der Waals surface area contributed by atoms with Crippen LogP contribution in [0.4, 0.5) is 0 Å². The molecule has 1 saturated heterocycles. The van der Waals surface area contributed by atoms with E-state index in [9.17, 15) is 4.79 Å². The normalized spacial score (nSPS) is 29.2. The van der Waals surface area contributed by atoms with Crippen LogP contribution in [0, 0.1) is 18.3 Å². The maximum atomic E-state index is 12.9. The van der Waals surface area contributed by atoms with Crippen LogP contribution < -0.4 is 5.32 Å². The lowest BCUT2D eigenvalue weighted by Crippen LogP contribution is -2.48. The Labute approximate surface area is 118 Å². The molecule has 0 radical (unpaired) electrons. The molecule has 2 fully saturated rings. The maximum Gasteiger partial charge on any atom is 0.230 e. The number of nitrogens with one attached hydrogen (secondary N) is 1. The molecule has 6 heteroatoms. The van der Waals surface area contributed by atoms with Crippen molar-refractivity contribution < 1.29 is 9.32 Å². The first-order chi connectivity index (χ1) is 9.62. The van der Waals surface area contributed by atoms with Crippen molar-refractivity contribution in [1.82, 2.24) is 20.4 Å². The highest BCUT2D eigenvalue weighted by molar-refractivity contribution is 5.83. The molecular formula is C14H22N4O2. The summed E-state index contributed by atoms with van der Waals surface area (Å²) >= 11 is 0. The number of nitrogens with zero attached hydrogens (tertiary/aromatic N) is 3. The SMILES string of the molecule is Cc1nc(CN(C)C(=O)[C@@]23CCCC[C@H]2CNC3)no1. The van der Waals surface area contributed by atoms with Crippen molar-refractivity contribution in [1.29, 1.82) is 0 Å². The van der Waals surface area contributed by atoms with Crippen LogP contribution in [0.15, 0.2) is 4.52 Å². The number of carbonyl (C=O) groups is 1. The van der Waals surface area contributed by atoms with Gasteiger partial charge in [-0.05, 0) is 25.3 Å². The van der Waals surface area contributed by atoms with Gasteiger partial charge in [0.15, 0.2) is 5.82 Å². The van der Waals surface area contributed by atoms with E-state index in [1.807, 2.05) is 7.05 Å². The van der Waals surface area contributed by atoms with Gasteiger partial charge >= 0.3 is 0 Å². The smallest absolute Gasteiger partial charge is 0.230 e. The van der Waals surface area contributed by atoms with Crippen LogP contribution in [0.3, 0.4) is 0 Å². The first kappa shape index (κ1) is 13.5. The van der Waals surface area contributed by atoms with E-state index in [1.165, 1.54) is 6.42 Å². The van der Waals surface area contributed by atoms with Crippen molar-refractivity contribution in [2.24, 2.45) is 11.3 Å². The van der Waals surface area contributed by atoms with E-state index < -0.39 is 0 Å². The highest BCUT2D eigenvalue weighted by Crippen LogP contribution is 2.44. The Hall–Kier alpha value is -1.43. The molecule has 1 N–H and O–H groups in total. The van der Waals surface area contributed by atoms with Gasteiger partial charge in [-0.2, -0.15) is 4.98 Å². The van der Waals surface area contributed by atoms with Gasteiger partial charge in [-0.25, -0.2) is 0 Å². The van der Waals surface area contributed by atoms with Crippen molar-refractivity contribution in [3.05, 3.63) is 11.7 Å². The zero-order valence-corrected chi connectivity index (χ0v) is 12.2. The van der Waals surface area contributed by atoms with Crippen LogP contribution >= 0.6 is 0 Å². The van der Waals surface area contributed by atoms with E-state index in [-0.39, 0.29) is 11.3 Å². The molecule has 2 atom stereocenters. The average molecular weight is 278 g/mol. The first-order valence-electron chi connectivity index (χ1n) is 7.37. The molecule has 1 amide bonds. The number of aryl methyl sites for hydroxylation is 1. The third-order valence-electron chi connectivity index (χ3n) is 4.76. The van der Waals surface area contributed by atoms with Gasteiger partial charge in [0.25, 0.3) is 0 Å². The molecule has 0 unspecified atom stereocenters. The average Bonchev–Trinajstić information content (AvgIpc) is 3.04. The number of amides is 1. The first-order valence-corrected chi connectivity index (χ1v) is 7.37. The van der Waals surface area contributed by atoms with Gasteiger partial charge in [-0.3, -0.25) is 4.79 Å². The van der Waals surface area contributed by atoms with Crippen molar-refractivity contribution in [3.8, 4) is 0 Å². The molecule has 0 spiro atoms. The second-order valence-corrected chi connectivity index (χ2v) is 6.12. The van der Waals surface area contributed by atoms with Gasteiger partial charge in [0.1, 0.15) is 0 Å². The Kier molecular flexibility index (Phi) is 3.50. The van der Waals surface area contributed by atoms with Gasteiger partial charge in [0, 0.05) is 20.5 Å². The van der Waals surface area contributed by atoms with Gasteiger partial charge in [-0.15, -0.1) is 0 Å². The van der Waals surface area contributed by atoms with Crippen molar-refractivity contribution in [2.75, 3.05) is 20.1 Å². The standard InChI is InChI=1S/C14H22N4O2/c1-10-16-12(17-20-10)8-18(2)13(19)14-6-4-3-5-11(14)7-15-9-14/h11,15H,3-9H2,1-2H3/t11-,14+/m0/s1. The Bertz CT molecular complexity index is 501. The lowest BCUT2D eigenvalue weighted by atomic mass is 9.67. The number of rotatable bonds is 3. The van der Waals surface area contributed by atoms with Crippen molar-refractivity contribution in [2.45, 2.75) is 39.2 Å². The van der Waals surface area contributed by atoms with Crippen LogP contribution in [-0.4, -0.2) is 41.1 Å². The zero-order valence-electron chi connectivity index (χ0n) is 12.2. The Morgan fingerprint density at radius 1 is 1.55 bits per heavy atom. The number of carbonyl (C=O) groups excluding carboxylic acids is 1. The summed E-state index contributed by atoms with van der Waals surface area (Å²) in [5.74, 6) is 1.83. The second kappa shape index (κ2) is 5.16. The molecule has 1 saturated carbocycles. The van der Waals surface area contributed by atoms with Crippen LogP contribution in [0.1, 0.15) is 37.4 Å². The van der Waals surface area contributed by atoms with Gasteiger partial charge < -0.3 is 14.7 Å². The molecule has 1 aromatic rings. The van der Waals surface area contributed by atoms with E-state index >= 15 is 0 Å². The molecule has 0 aromatic carbocycles. The number of fused-ring (bicyclic) bond motifs is 1. The van der Waals surface area contributed by atoms with Crippen molar-refractivity contribution in [3.63, 3.8) is 0 Å².